The van der Waals surface area contributed by atoms with E-state index in [4.69, 9.17) is 9.47 Å². The number of hydrogen-bond acceptors (Lipinski definition) is 4. The zero-order valence-electron chi connectivity index (χ0n) is 14.1. The van der Waals surface area contributed by atoms with Crippen LogP contribution in [0.5, 0.6) is 0 Å². The number of hydrogen-bond donors (Lipinski definition) is 0. The van der Waals surface area contributed by atoms with E-state index in [1.807, 2.05) is 4.90 Å². The standard InChI is InChI=1S/C17H30N2O3/c1-14(2)18-8-10-21-13-17(11-18)6-4-7-19(12-17)16(20)15-5-3-9-22-15/h14-15H,3-13H2,1-2H3/t15-,17+/m0/s1. The van der Waals surface area contributed by atoms with Gasteiger partial charge in [-0.15, -0.1) is 0 Å². The molecule has 3 aliphatic heterocycles. The van der Waals surface area contributed by atoms with Crippen LogP contribution in [0.3, 0.4) is 0 Å². The lowest BCUT2D eigenvalue weighted by Crippen LogP contribution is -2.54. The summed E-state index contributed by atoms with van der Waals surface area (Å²) in [5, 5.41) is 0. The van der Waals surface area contributed by atoms with Crippen molar-refractivity contribution in [3.63, 3.8) is 0 Å². The van der Waals surface area contributed by atoms with Crippen LogP contribution >= 0.6 is 0 Å². The van der Waals surface area contributed by atoms with Gasteiger partial charge in [-0.3, -0.25) is 9.69 Å². The molecule has 22 heavy (non-hydrogen) atoms. The summed E-state index contributed by atoms with van der Waals surface area (Å²) in [7, 11) is 0. The molecular weight excluding hydrogens is 280 g/mol. The van der Waals surface area contributed by atoms with Gasteiger partial charge < -0.3 is 14.4 Å². The molecule has 0 aromatic heterocycles. The summed E-state index contributed by atoms with van der Waals surface area (Å²) in [6, 6.07) is 0.530. The van der Waals surface area contributed by atoms with Crippen molar-refractivity contribution < 1.29 is 14.3 Å². The molecule has 3 rings (SSSR count). The van der Waals surface area contributed by atoms with Crippen molar-refractivity contribution in [2.24, 2.45) is 5.41 Å². The molecule has 0 aromatic rings. The second-order valence-corrected chi connectivity index (χ2v) is 7.48. The van der Waals surface area contributed by atoms with Crippen molar-refractivity contribution in [1.82, 2.24) is 9.80 Å². The van der Waals surface area contributed by atoms with Crippen molar-refractivity contribution in [3.8, 4) is 0 Å². The zero-order valence-corrected chi connectivity index (χ0v) is 14.1. The fourth-order valence-corrected chi connectivity index (χ4v) is 4.09. The molecule has 3 aliphatic rings. The van der Waals surface area contributed by atoms with Gasteiger partial charge in [-0.25, -0.2) is 0 Å². The highest BCUT2D eigenvalue weighted by Gasteiger charge is 2.42. The lowest BCUT2D eigenvalue weighted by molar-refractivity contribution is -0.145. The van der Waals surface area contributed by atoms with Crippen molar-refractivity contribution in [2.75, 3.05) is 46.0 Å². The summed E-state index contributed by atoms with van der Waals surface area (Å²) in [6.45, 7) is 10.6. The predicted octanol–water partition coefficient (Wildman–Crippen LogP) is 1.51. The first-order chi connectivity index (χ1) is 10.6. The van der Waals surface area contributed by atoms with E-state index in [0.717, 1.165) is 71.7 Å². The highest BCUT2D eigenvalue weighted by atomic mass is 16.5. The molecule has 0 N–H and O–H groups in total. The molecule has 0 aliphatic carbocycles. The molecule has 1 spiro atoms. The van der Waals surface area contributed by atoms with Gasteiger partial charge in [0.2, 0.25) is 0 Å². The molecule has 3 heterocycles. The second-order valence-electron chi connectivity index (χ2n) is 7.48. The van der Waals surface area contributed by atoms with Gasteiger partial charge in [0, 0.05) is 44.2 Å². The van der Waals surface area contributed by atoms with Gasteiger partial charge in [0.25, 0.3) is 5.91 Å². The van der Waals surface area contributed by atoms with Crippen LogP contribution < -0.4 is 0 Å². The largest absolute Gasteiger partial charge is 0.379 e. The van der Waals surface area contributed by atoms with Crippen LogP contribution in [0, 0.1) is 5.41 Å². The summed E-state index contributed by atoms with van der Waals surface area (Å²) in [5.41, 5.74) is 0.104. The average Bonchev–Trinajstić information content (AvgIpc) is 2.97. The minimum Gasteiger partial charge on any atom is -0.379 e. The molecule has 0 aromatic carbocycles. The Hall–Kier alpha value is -0.650. The Kier molecular flexibility index (Phi) is 5.05. The maximum atomic E-state index is 12.7. The Morgan fingerprint density at radius 1 is 1.18 bits per heavy atom. The average molecular weight is 310 g/mol. The molecule has 0 saturated carbocycles. The number of amides is 1. The van der Waals surface area contributed by atoms with Crippen molar-refractivity contribution >= 4 is 5.91 Å². The van der Waals surface area contributed by atoms with Crippen LogP contribution in [0.15, 0.2) is 0 Å². The first kappa shape index (κ1) is 16.2. The third-order valence-corrected chi connectivity index (χ3v) is 5.38. The highest BCUT2D eigenvalue weighted by molar-refractivity contribution is 5.81. The molecule has 0 radical (unpaired) electrons. The summed E-state index contributed by atoms with van der Waals surface area (Å²) in [4.78, 5) is 17.2. The second kappa shape index (κ2) is 6.85. The molecule has 1 amide bonds. The number of likely N-dealkylation sites (tertiary alicyclic amines) is 1. The normalized spacial score (nSPS) is 34.3. The summed E-state index contributed by atoms with van der Waals surface area (Å²) in [5.74, 6) is 0.205. The molecule has 5 heteroatoms. The van der Waals surface area contributed by atoms with E-state index in [9.17, 15) is 4.79 Å². The van der Waals surface area contributed by atoms with E-state index in [-0.39, 0.29) is 17.4 Å². The van der Waals surface area contributed by atoms with E-state index in [2.05, 4.69) is 18.7 Å². The van der Waals surface area contributed by atoms with E-state index in [1.54, 1.807) is 0 Å². The van der Waals surface area contributed by atoms with Gasteiger partial charge in [0.1, 0.15) is 6.10 Å². The van der Waals surface area contributed by atoms with Crippen molar-refractivity contribution in [1.29, 1.82) is 0 Å². The lowest BCUT2D eigenvalue weighted by Gasteiger charge is -2.44. The van der Waals surface area contributed by atoms with Crippen molar-refractivity contribution in [2.45, 2.75) is 51.7 Å². The van der Waals surface area contributed by atoms with Crippen LogP contribution in [-0.4, -0.2) is 73.9 Å². The van der Waals surface area contributed by atoms with E-state index < -0.39 is 0 Å². The van der Waals surface area contributed by atoms with Gasteiger partial charge in [0.15, 0.2) is 0 Å². The van der Waals surface area contributed by atoms with Gasteiger partial charge in [-0.1, -0.05) is 0 Å². The summed E-state index contributed by atoms with van der Waals surface area (Å²) < 4.78 is 11.5. The Morgan fingerprint density at radius 2 is 2.05 bits per heavy atom. The van der Waals surface area contributed by atoms with Crippen LogP contribution in [0.25, 0.3) is 0 Å². The molecule has 126 valence electrons. The van der Waals surface area contributed by atoms with Crippen LogP contribution in [0.4, 0.5) is 0 Å². The number of carbonyl (C=O) groups excluding carboxylic acids is 1. The van der Waals surface area contributed by atoms with Gasteiger partial charge in [-0.05, 0) is 39.5 Å². The Labute approximate surface area is 133 Å². The Balaban J connectivity index is 1.68. The first-order valence-electron chi connectivity index (χ1n) is 8.82. The van der Waals surface area contributed by atoms with Crippen LogP contribution in [0.1, 0.15) is 39.5 Å². The predicted molar refractivity (Wildman–Crippen MR) is 84.7 cm³/mol. The van der Waals surface area contributed by atoms with Crippen LogP contribution in [-0.2, 0) is 14.3 Å². The van der Waals surface area contributed by atoms with Gasteiger partial charge in [-0.2, -0.15) is 0 Å². The molecule has 0 bridgehead atoms. The molecule has 2 atom stereocenters. The number of carbonyl (C=O) groups is 1. The van der Waals surface area contributed by atoms with Crippen molar-refractivity contribution in [3.05, 3.63) is 0 Å². The summed E-state index contributed by atoms with van der Waals surface area (Å²) >= 11 is 0. The van der Waals surface area contributed by atoms with E-state index in [1.165, 1.54) is 0 Å². The molecule has 0 unspecified atom stereocenters. The number of nitrogens with zero attached hydrogens (tertiary/aromatic N) is 2. The fourth-order valence-electron chi connectivity index (χ4n) is 4.09. The topological polar surface area (TPSA) is 42.0 Å². The smallest absolute Gasteiger partial charge is 0.251 e. The summed E-state index contributed by atoms with van der Waals surface area (Å²) in [6.07, 6.45) is 3.94. The molecule has 5 nitrogen and oxygen atoms in total. The zero-order chi connectivity index (χ0) is 15.6. The Bertz CT molecular complexity index is 395. The maximum absolute atomic E-state index is 12.7. The molecule has 3 saturated heterocycles. The highest BCUT2D eigenvalue weighted by Crippen LogP contribution is 2.34. The fraction of sp³-hybridized carbons (Fsp3) is 0.941. The third kappa shape index (κ3) is 3.47. The number of ether oxygens (including phenoxy) is 2. The monoisotopic (exact) mass is 310 g/mol. The lowest BCUT2D eigenvalue weighted by atomic mass is 9.79. The van der Waals surface area contributed by atoms with Crippen LogP contribution in [0.2, 0.25) is 0 Å². The minimum absolute atomic E-state index is 0.104. The molecule has 3 fully saturated rings. The molecular formula is C17H30N2O3. The van der Waals surface area contributed by atoms with Gasteiger partial charge >= 0.3 is 0 Å². The van der Waals surface area contributed by atoms with E-state index in [0.29, 0.717) is 6.04 Å². The Morgan fingerprint density at radius 3 is 2.77 bits per heavy atom. The van der Waals surface area contributed by atoms with Gasteiger partial charge in [0.05, 0.1) is 13.2 Å². The quantitative estimate of drug-likeness (QED) is 0.775. The maximum Gasteiger partial charge on any atom is 0.251 e. The third-order valence-electron chi connectivity index (χ3n) is 5.38. The minimum atomic E-state index is -0.192. The SMILES string of the molecule is CC(C)N1CCOC[C@]2(CCCN(C(=O)[C@@H]3CCCO3)C2)C1. The number of piperidine rings is 1. The van der Waals surface area contributed by atoms with E-state index >= 15 is 0 Å². The number of rotatable bonds is 2. The first-order valence-corrected chi connectivity index (χ1v) is 8.82.